The molecule has 0 bridgehead atoms. The Balaban J connectivity index is 2.72. The van der Waals surface area contributed by atoms with Crippen LogP contribution in [0.4, 0.5) is 0 Å². The topological polar surface area (TPSA) is 34.2 Å². The van der Waals surface area contributed by atoms with Crippen LogP contribution in [0.1, 0.15) is 32.4 Å². The van der Waals surface area contributed by atoms with E-state index >= 15 is 0 Å². The molecule has 1 aromatic rings. The molecule has 0 aliphatic carbocycles. The van der Waals surface area contributed by atoms with E-state index in [2.05, 4.69) is 31.1 Å². The molecule has 17 heavy (non-hydrogen) atoms. The highest BCUT2D eigenvalue weighted by molar-refractivity contribution is 8.00. The third-order valence-electron chi connectivity index (χ3n) is 2.40. The van der Waals surface area contributed by atoms with Crippen LogP contribution in [0.15, 0.2) is 18.5 Å². The zero-order valence-corrected chi connectivity index (χ0v) is 12.1. The summed E-state index contributed by atoms with van der Waals surface area (Å²) >= 11 is 1.94. The fourth-order valence-corrected chi connectivity index (χ4v) is 2.44. The van der Waals surface area contributed by atoms with E-state index in [-0.39, 0.29) is 4.75 Å². The van der Waals surface area contributed by atoms with Crippen LogP contribution >= 0.6 is 11.8 Å². The van der Waals surface area contributed by atoms with Crippen LogP contribution in [-0.4, -0.2) is 29.6 Å². The zero-order valence-electron chi connectivity index (χ0n) is 11.3. The summed E-state index contributed by atoms with van der Waals surface area (Å²) in [5.74, 6) is 1.83. The first-order valence-electron chi connectivity index (χ1n) is 5.76. The van der Waals surface area contributed by atoms with Gasteiger partial charge in [-0.1, -0.05) is 20.8 Å². The smallest absolute Gasteiger partial charge is 0.137 e. The van der Waals surface area contributed by atoms with Crippen molar-refractivity contribution in [2.75, 3.05) is 19.9 Å². The van der Waals surface area contributed by atoms with Crippen LogP contribution in [-0.2, 0) is 0 Å². The van der Waals surface area contributed by atoms with Crippen molar-refractivity contribution in [1.29, 1.82) is 0 Å². The summed E-state index contributed by atoms with van der Waals surface area (Å²) in [5.41, 5.74) is 1.17. The van der Waals surface area contributed by atoms with Crippen LogP contribution < -0.4 is 10.1 Å². The van der Waals surface area contributed by atoms with Gasteiger partial charge in [0.05, 0.1) is 13.3 Å². The molecule has 0 saturated carbocycles. The first-order valence-corrected chi connectivity index (χ1v) is 6.75. The number of aromatic nitrogens is 1. The molecule has 1 unspecified atom stereocenters. The molecule has 1 aromatic heterocycles. The minimum absolute atomic E-state index is 0.279. The maximum atomic E-state index is 5.20. The second kappa shape index (κ2) is 6.26. The van der Waals surface area contributed by atoms with Crippen molar-refractivity contribution in [3.63, 3.8) is 0 Å². The van der Waals surface area contributed by atoms with Crippen LogP contribution in [0.3, 0.4) is 0 Å². The van der Waals surface area contributed by atoms with E-state index in [1.807, 2.05) is 31.1 Å². The number of nitrogens with zero attached hydrogens (tertiary/aromatic N) is 1. The van der Waals surface area contributed by atoms with E-state index in [0.29, 0.717) is 6.04 Å². The molecular weight excluding hydrogens is 232 g/mol. The average molecular weight is 254 g/mol. The number of hydrogen-bond acceptors (Lipinski definition) is 4. The van der Waals surface area contributed by atoms with E-state index in [1.165, 1.54) is 5.56 Å². The highest BCUT2D eigenvalue weighted by Gasteiger charge is 2.16. The van der Waals surface area contributed by atoms with E-state index in [0.717, 1.165) is 11.5 Å². The van der Waals surface area contributed by atoms with E-state index < -0.39 is 0 Å². The maximum Gasteiger partial charge on any atom is 0.137 e. The zero-order chi connectivity index (χ0) is 12.9. The fraction of sp³-hybridized carbons (Fsp3) is 0.615. The summed E-state index contributed by atoms with van der Waals surface area (Å²) in [4.78, 5) is 4.19. The van der Waals surface area contributed by atoms with Crippen molar-refractivity contribution >= 4 is 11.8 Å². The molecule has 1 heterocycles. The van der Waals surface area contributed by atoms with Crippen LogP contribution in [0.5, 0.6) is 5.75 Å². The number of hydrogen-bond donors (Lipinski definition) is 1. The van der Waals surface area contributed by atoms with Gasteiger partial charge in [0.15, 0.2) is 0 Å². The summed E-state index contributed by atoms with van der Waals surface area (Å²) in [5, 5.41) is 3.33. The number of pyridine rings is 1. The van der Waals surface area contributed by atoms with Gasteiger partial charge >= 0.3 is 0 Å². The Morgan fingerprint density at radius 2 is 2.12 bits per heavy atom. The molecule has 3 nitrogen and oxygen atoms in total. The van der Waals surface area contributed by atoms with Crippen LogP contribution in [0.25, 0.3) is 0 Å². The normalized spacial score (nSPS) is 13.5. The molecule has 1 rings (SSSR count). The molecule has 0 aliphatic rings. The first kappa shape index (κ1) is 14.3. The summed E-state index contributed by atoms with van der Waals surface area (Å²) < 4.78 is 5.48. The molecular formula is C13H22N2OS. The second-order valence-corrected chi connectivity index (χ2v) is 6.77. The minimum Gasteiger partial charge on any atom is -0.495 e. The van der Waals surface area contributed by atoms with Gasteiger partial charge in [0, 0.05) is 22.7 Å². The standard InChI is InChI=1S/C13H22N2OS/c1-13(2,3)17-9-12(14-4)10-6-11(16-5)8-15-7-10/h6-8,12,14H,9H2,1-5H3. The van der Waals surface area contributed by atoms with Crippen molar-refractivity contribution in [3.8, 4) is 5.75 Å². The summed E-state index contributed by atoms with van der Waals surface area (Å²) in [6, 6.07) is 2.35. The molecule has 0 radical (unpaired) electrons. The molecule has 0 aromatic carbocycles. The number of nitrogens with one attached hydrogen (secondary N) is 1. The first-order chi connectivity index (χ1) is 7.96. The Morgan fingerprint density at radius 3 is 2.65 bits per heavy atom. The van der Waals surface area contributed by atoms with Gasteiger partial charge in [0.1, 0.15) is 5.75 Å². The SMILES string of the molecule is CNC(CSC(C)(C)C)c1cncc(OC)c1. The molecule has 0 aliphatic heterocycles. The predicted octanol–water partition coefficient (Wildman–Crippen LogP) is 2.88. The largest absolute Gasteiger partial charge is 0.495 e. The van der Waals surface area contributed by atoms with Crippen LogP contribution in [0.2, 0.25) is 0 Å². The average Bonchev–Trinajstić information content (AvgIpc) is 2.29. The van der Waals surface area contributed by atoms with Gasteiger partial charge in [-0.25, -0.2) is 0 Å². The highest BCUT2D eigenvalue weighted by Crippen LogP contribution is 2.28. The lowest BCUT2D eigenvalue weighted by molar-refractivity contribution is 0.411. The van der Waals surface area contributed by atoms with Crippen molar-refractivity contribution in [2.24, 2.45) is 0 Å². The fourth-order valence-electron chi connectivity index (χ4n) is 1.42. The number of methoxy groups -OCH3 is 1. The summed E-state index contributed by atoms with van der Waals surface area (Å²) in [7, 11) is 3.65. The Hall–Kier alpha value is -0.740. The quantitative estimate of drug-likeness (QED) is 0.876. The second-order valence-electron chi connectivity index (χ2n) is 4.92. The Morgan fingerprint density at radius 1 is 1.41 bits per heavy atom. The van der Waals surface area contributed by atoms with Gasteiger partial charge in [-0.15, -0.1) is 0 Å². The lowest BCUT2D eigenvalue weighted by Crippen LogP contribution is -2.22. The third kappa shape index (κ3) is 4.96. The number of thioether (sulfide) groups is 1. The van der Waals surface area contributed by atoms with Gasteiger partial charge in [0.2, 0.25) is 0 Å². The van der Waals surface area contributed by atoms with Crippen molar-refractivity contribution < 1.29 is 4.74 Å². The molecule has 0 saturated heterocycles. The highest BCUT2D eigenvalue weighted by atomic mass is 32.2. The molecule has 96 valence electrons. The van der Waals surface area contributed by atoms with Crippen LogP contribution in [0, 0.1) is 0 Å². The molecule has 1 N–H and O–H groups in total. The Bertz CT molecular complexity index is 350. The third-order valence-corrected chi connectivity index (χ3v) is 3.77. The summed E-state index contributed by atoms with van der Waals surface area (Å²) in [6.07, 6.45) is 3.63. The van der Waals surface area contributed by atoms with E-state index in [1.54, 1.807) is 13.3 Å². The Labute approximate surface area is 108 Å². The van der Waals surface area contributed by atoms with Gasteiger partial charge < -0.3 is 10.1 Å². The van der Waals surface area contributed by atoms with Crippen molar-refractivity contribution in [1.82, 2.24) is 10.3 Å². The van der Waals surface area contributed by atoms with Crippen molar-refractivity contribution in [3.05, 3.63) is 24.0 Å². The number of ether oxygens (including phenoxy) is 1. The molecule has 0 spiro atoms. The van der Waals surface area contributed by atoms with E-state index in [9.17, 15) is 0 Å². The summed E-state index contributed by atoms with van der Waals surface area (Å²) in [6.45, 7) is 6.69. The van der Waals surface area contributed by atoms with Crippen molar-refractivity contribution in [2.45, 2.75) is 31.6 Å². The Kier molecular flexibility index (Phi) is 5.28. The van der Waals surface area contributed by atoms with Gasteiger partial charge in [0.25, 0.3) is 0 Å². The lowest BCUT2D eigenvalue weighted by Gasteiger charge is -2.23. The molecule has 0 amide bonds. The minimum atomic E-state index is 0.279. The van der Waals surface area contributed by atoms with Gasteiger partial charge in [-0.3, -0.25) is 4.98 Å². The number of rotatable bonds is 5. The maximum absolute atomic E-state index is 5.20. The van der Waals surface area contributed by atoms with E-state index in [4.69, 9.17) is 4.74 Å². The predicted molar refractivity (Wildman–Crippen MR) is 74.8 cm³/mol. The monoisotopic (exact) mass is 254 g/mol. The molecule has 4 heteroatoms. The van der Waals surface area contributed by atoms with Gasteiger partial charge in [-0.05, 0) is 18.7 Å². The molecule has 1 atom stereocenters. The van der Waals surface area contributed by atoms with Gasteiger partial charge in [-0.2, -0.15) is 11.8 Å². The lowest BCUT2D eigenvalue weighted by atomic mass is 10.1. The molecule has 0 fully saturated rings.